The molecule has 0 heterocycles. The lowest BCUT2D eigenvalue weighted by Gasteiger charge is -2.16. The molecule has 0 bridgehead atoms. The van der Waals surface area contributed by atoms with Crippen LogP contribution in [0.5, 0.6) is 0 Å². The molecule has 1 unspecified atom stereocenters. The molecule has 0 spiro atoms. The lowest BCUT2D eigenvalue weighted by Crippen LogP contribution is -2.14. The van der Waals surface area contributed by atoms with E-state index in [1.807, 2.05) is 0 Å². The van der Waals surface area contributed by atoms with Crippen LogP contribution < -0.4 is 5.73 Å². The van der Waals surface area contributed by atoms with Crippen LogP contribution in [0.15, 0.2) is 34.8 Å². The van der Waals surface area contributed by atoms with E-state index >= 15 is 0 Å². The standard InChI is InChI=1S/C13H8BrCl2F2N/c14-9-5-12(18)8(4-11(9)16)13(19)7-2-1-6(17)3-10(7)15/h1-5,13H,19H2. The normalized spacial score (nSPS) is 12.5. The maximum absolute atomic E-state index is 13.9. The average Bonchev–Trinajstić information content (AvgIpc) is 2.33. The van der Waals surface area contributed by atoms with Gasteiger partial charge in [-0.05, 0) is 45.8 Å². The van der Waals surface area contributed by atoms with Crippen LogP contribution in [0.25, 0.3) is 0 Å². The first kappa shape index (κ1) is 14.7. The lowest BCUT2D eigenvalue weighted by atomic mass is 9.99. The first-order valence-electron chi connectivity index (χ1n) is 5.25. The zero-order chi connectivity index (χ0) is 14.2. The minimum atomic E-state index is -0.821. The van der Waals surface area contributed by atoms with Crippen LogP contribution in [-0.4, -0.2) is 0 Å². The highest BCUT2D eigenvalue weighted by Gasteiger charge is 2.18. The fraction of sp³-hybridized carbons (Fsp3) is 0.0769. The van der Waals surface area contributed by atoms with Gasteiger partial charge in [-0.2, -0.15) is 0 Å². The van der Waals surface area contributed by atoms with Gasteiger partial charge in [-0.1, -0.05) is 29.3 Å². The van der Waals surface area contributed by atoms with Crippen LogP contribution in [-0.2, 0) is 0 Å². The van der Waals surface area contributed by atoms with Crippen molar-refractivity contribution < 1.29 is 8.78 Å². The first-order valence-corrected chi connectivity index (χ1v) is 6.80. The van der Waals surface area contributed by atoms with Gasteiger partial charge in [0, 0.05) is 15.1 Å². The molecule has 100 valence electrons. The summed E-state index contributed by atoms with van der Waals surface area (Å²) in [4.78, 5) is 0. The van der Waals surface area contributed by atoms with E-state index in [4.69, 9.17) is 28.9 Å². The van der Waals surface area contributed by atoms with Crippen molar-refractivity contribution in [3.8, 4) is 0 Å². The van der Waals surface area contributed by atoms with Gasteiger partial charge in [0.15, 0.2) is 0 Å². The van der Waals surface area contributed by atoms with E-state index in [9.17, 15) is 8.78 Å². The van der Waals surface area contributed by atoms with Crippen LogP contribution in [0.1, 0.15) is 17.2 Å². The van der Waals surface area contributed by atoms with E-state index < -0.39 is 17.7 Å². The Morgan fingerprint density at radius 3 is 2.32 bits per heavy atom. The summed E-state index contributed by atoms with van der Waals surface area (Å²) in [5.41, 5.74) is 6.59. The molecule has 2 aromatic rings. The van der Waals surface area contributed by atoms with Crippen molar-refractivity contribution in [1.29, 1.82) is 0 Å². The predicted molar refractivity (Wildman–Crippen MR) is 76.6 cm³/mol. The Balaban J connectivity index is 2.49. The Labute approximate surface area is 127 Å². The molecule has 1 nitrogen and oxygen atoms in total. The quantitative estimate of drug-likeness (QED) is 0.736. The monoisotopic (exact) mass is 365 g/mol. The minimum Gasteiger partial charge on any atom is -0.320 e. The van der Waals surface area contributed by atoms with Gasteiger partial charge in [0.1, 0.15) is 11.6 Å². The van der Waals surface area contributed by atoms with Crippen molar-refractivity contribution in [3.63, 3.8) is 0 Å². The summed E-state index contributed by atoms with van der Waals surface area (Å²) in [5, 5.41) is 0.482. The topological polar surface area (TPSA) is 26.0 Å². The summed E-state index contributed by atoms with van der Waals surface area (Å²) in [6.07, 6.45) is 0. The summed E-state index contributed by atoms with van der Waals surface area (Å²) in [6.45, 7) is 0. The molecular formula is C13H8BrCl2F2N. The van der Waals surface area contributed by atoms with Crippen molar-refractivity contribution >= 4 is 39.1 Å². The molecule has 2 rings (SSSR count). The number of benzene rings is 2. The Kier molecular flexibility index (Phi) is 4.46. The average molecular weight is 367 g/mol. The third kappa shape index (κ3) is 3.08. The fourth-order valence-electron chi connectivity index (χ4n) is 1.70. The van der Waals surface area contributed by atoms with Gasteiger partial charge in [0.05, 0.1) is 11.1 Å². The zero-order valence-corrected chi connectivity index (χ0v) is 12.5. The van der Waals surface area contributed by atoms with Gasteiger partial charge in [-0.15, -0.1) is 0 Å². The van der Waals surface area contributed by atoms with Gasteiger partial charge in [-0.3, -0.25) is 0 Å². The number of halogens is 5. The largest absolute Gasteiger partial charge is 0.320 e. The zero-order valence-electron chi connectivity index (χ0n) is 9.43. The highest BCUT2D eigenvalue weighted by atomic mass is 79.9. The summed E-state index contributed by atoms with van der Waals surface area (Å²) < 4.78 is 27.3. The van der Waals surface area contributed by atoms with Crippen LogP contribution in [0.2, 0.25) is 10.0 Å². The van der Waals surface area contributed by atoms with Crippen LogP contribution >= 0.6 is 39.1 Å². The van der Waals surface area contributed by atoms with Gasteiger partial charge >= 0.3 is 0 Å². The lowest BCUT2D eigenvalue weighted by molar-refractivity contribution is 0.598. The number of hydrogen-bond acceptors (Lipinski definition) is 1. The molecule has 0 radical (unpaired) electrons. The third-order valence-corrected chi connectivity index (χ3v) is 4.20. The summed E-state index contributed by atoms with van der Waals surface area (Å²) in [7, 11) is 0. The SMILES string of the molecule is NC(c1cc(Cl)c(Br)cc1F)c1ccc(F)cc1Cl. The first-order chi connectivity index (χ1) is 8.90. The number of hydrogen-bond donors (Lipinski definition) is 1. The Bertz CT molecular complexity index is 634. The highest BCUT2D eigenvalue weighted by Crippen LogP contribution is 2.33. The molecule has 19 heavy (non-hydrogen) atoms. The highest BCUT2D eigenvalue weighted by molar-refractivity contribution is 9.10. The predicted octanol–water partition coefficient (Wildman–Crippen LogP) is 5.08. The molecule has 0 aliphatic heterocycles. The second-order valence-corrected chi connectivity index (χ2v) is 5.60. The van der Waals surface area contributed by atoms with Gasteiger partial charge in [0.2, 0.25) is 0 Å². The maximum atomic E-state index is 13.9. The van der Waals surface area contributed by atoms with Crippen molar-refractivity contribution in [1.82, 2.24) is 0 Å². The van der Waals surface area contributed by atoms with Crippen molar-refractivity contribution in [2.75, 3.05) is 0 Å². The van der Waals surface area contributed by atoms with E-state index in [-0.39, 0.29) is 10.6 Å². The minimum absolute atomic E-state index is 0.144. The number of nitrogens with two attached hydrogens (primary N) is 1. The van der Waals surface area contributed by atoms with Crippen molar-refractivity contribution in [2.24, 2.45) is 5.73 Å². The molecular weight excluding hydrogens is 359 g/mol. The van der Waals surface area contributed by atoms with E-state index in [1.165, 1.54) is 24.3 Å². The molecule has 0 aromatic heterocycles. The van der Waals surface area contributed by atoms with Crippen molar-refractivity contribution in [3.05, 3.63) is 67.6 Å². The van der Waals surface area contributed by atoms with E-state index in [2.05, 4.69) is 15.9 Å². The van der Waals surface area contributed by atoms with Gasteiger partial charge < -0.3 is 5.73 Å². The summed E-state index contributed by atoms with van der Waals surface area (Å²) >= 11 is 15.0. The van der Waals surface area contributed by atoms with E-state index in [0.29, 0.717) is 15.1 Å². The van der Waals surface area contributed by atoms with Crippen LogP contribution in [0.4, 0.5) is 8.78 Å². The fourth-order valence-corrected chi connectivity index (χ4v) is 2.47. The summed E-state index contributed by atoms with van der Waals surface area (Å²) in [5.74, 6) is -0.987. The third-order valence-electron chi connectivity index (χ3n) is 2.67. The van der Waals surface area contributed by atoms with Crippen LogP contribution in [0.3, 0.4) is 0 Å². The molecule has 1 atom stereocenters. The molecule has 0 amide bonds. The van der Waals surface area contributed by atoms with Crippen LogP contribution in [0, 0.1) is 11.6 Å². The smallest absolute Gasteiger partial charge is 0.129 e. The van der Waals surface area contributed by atoms with Crippen molar-refractivity contribution in [2.45, 2.75) is 6.04 Å². The molecule has 6 heteroatoms. The molecule has 0 aliphatic carbocycles. The second kappa shape index (κ2) is 5.75. The molecule has 0 fully saturated rings. The number of rotatable bonds is 2. The second-order valence-electron chi connectivity index (χ2n) is 3.93. The van der Waals surface area contributed by atoms with E-state index in [1.54, 1.807) is 0 Å². The van der Waals surface area contributed by atoms with Gasteiger partial charge in [0.25, 0.3) is 0 Å². The Morgan fingerprint density at radius 2 is 1.68 bits per heavy atom. The Morgan fingerprint density at radius 1 is 1.00 bits per heavy atom. The molecule has 0 aliphatic rings. The summed E-state index contributed by atoms with van der Waals surface area (Å²) in [6, 6.07) is 5.62. The maximum Gasteiger partial charge on any atom is 0.129 e. The molecule has 0 saturated carbocycles. The van der Waals surface area contributed by atoms with E-state index in [0.717, 1.165) is 6.07 Å². The van der Waals surface area contributed by atoms with Gasteiger partial charge in [-0.25, -0.2) is 8.78 Å². The molecule has 0 saturated heterocycles. The molecule has 2 N–H and O–H groups in total. The Hall–Kier alpha value is -0.680. The molecule has 2 aromatic carbocycles.